The summed E-state index contributed by atoms with van der Waals surface area (Å²) in [6.45, 7) is 0.284. The lowest BCUT2D eigenvalue weighted by atomic mass is 9.78. The van der Waals surface area contributed by atoms with Crippen molar-refractivity contribution in [3.63, 3.8) is 0 Å². The Hall–Kier alpha value is -1.11. The maximum absolute atomic E-state index is 12.1. The van der Waals surface area contributed by atoms with Gasteiger partial charge in [0.05, 0.1) is 12.0 Å². The third kappa shape index (κ3) is 2.82. The number of hydrogen-bond donors (Lipinski definition) is 2. The van der Waals surface area contributed by atoms with E-state index in [9.17, 15) is 8.42 Å². The topological polar surface area (TPSA) is 81.4 Å². The molecule has 0 unspecified atom stereocenters. The number of nitrogens with one attached hydrogen (secondary N) is 1. The molecule has 1 fully saturated rings. The average Bonchev–Trinajstić information content (AvgIpc) is 2.34. The van der Waals surface area contributed by atoms with Crippen molar-refractivity contribution >= 4 is 10.0 Å². The summed E-state index contributed by atoms with van der Waals surface area (Å²) in [7, 11) is -2.01. The predicted octanol–water partition coefficient (Wildman–Crippen LogP) is 0.855. The van der Waals surface area contributed by atoms with Gasteiger partial charge in [0.25, 0.3) is 0 Å². The second-order valence-electron chi connectivity index (χ2n) is 4.72. The van der Waals surface area contributed by atoms with Gasteiger partial charge in [0.1, 0.15) is 5.75 Å². The van der Waals surface area contributed by atoms with Crippen LogP contribution in [0.1, 0.15) is 19.3 Å². The Morgan fingerprint density at radius 2 is 2.17 bits per heavy atom. The molecule has 18 heavy (non-hydrogen) atoms. The lowest BCUT2D eigenvalue weighted by molar-refractivity contribution is 0.251. The molecule has 0 saturated heterocycles. The van der Waals surface area contributed by atoms with Gasteiger partial charge in [0, 0.05) is 18.2 Å². The molecule has 0 aliphatic heterocycles. The predicted molar refractivity (Wildman–Crippen MR) is 69.0 cm³/mol. The molecule has 100 valence electrons. The van der Waals surface area contributed by atoms with E-state index >= 15 is 0 Å². The average molecular weight is 270 g/mol. The Balaban J connectivity index is 2.09. The summed E-state index contributed by atoms with van der Waals surface area (Å²) >= 11 is 0. The molecule has 1 aromatic carbocycles. The smallest absolute Gasteiger partial charge is 0.240 e. The van der Waals surface area contributed by atoms with Crippen LogP contribution >= 0.6 is 0 Å². The highest BCUT2D eigenvalue weighted by molar-refractivity contribution is 7.89. The molecule has 1 aliphatic rings. The van der Waals surface area contributed by atoms with E-state index in [-0.39, 0.29) is 17.0 Å². The third-order valence-electron chi connectivity index (χ3n) is 3.32. The fraction of sp³-hybridized carbons (Fsp3) is 0.500. The van der Waals surface area contributed by atoms with Gasteiger partial charge in [-0.3, -0.25) is 0 Å². The van der Waals surface area contributed by atoms with Crippen molar-refractivity contribution in [2.24, 2.45) is 5.73 Å². The molecule has 3 N–H and O–H groups in total. The van der Waals surface area contributed by atoms with Crippen molar-refractivity contribution in [3.8, 4) is 5.75 Å². The number of sulfonamides is 1. The molecule has 1 aromatic rings. The zero-order valence-electron chi connectivity index (χ0n) is 10.3. The quantitative estimate of drug-likeness (QED) is 0.831. The van der Waals surface area contributed by atoms with Gasteiger partial charge >= 0.3 is 0 Å². The van der Waals surface area contributed by atoms with Gasteiger partial charge in [0.15, 0.2) is 0 Å². The lowest BCUT2D eigenvalue weighted by Gasteiger charge is -2.38. The summed E-state index contributed by atoms with van der Waals surface area (Å²) in [4.78, 5) is 0.199. The van der Waals surface area contributed by atoms with Crippen molar-refractivity contribution in [2.45, 2.75) is 29.7 Å². The van der Waals surface area contributed by atoms with E-state index < -0.39 is 10.0 Å². The van der Waals surface area contributed by atoms with E-state index in [0.717, 1.165) is 19.3 Å². The van der Waals surface area contributed by atoms with Crippen molar-refractivity contribution < 1.29 is 13.2 Å². The Morgan fingerprint density at radius 1 is 1.44 bits per heavy atom. The molecule has 0 spiro atoms. The van der Waals surface area contributed by atoms with E-state index in [1.54, 1.807) is 12.1 Å². The molecule has 6 heteroatoms. The summed E-state index contributed by atoms with van der Waals surface area (Å²) in [5.41, 5.74) is 5.62. The largest absolute Gasteiger partial charge is 0.497 e. The number of ether oxygens (including phenoxy) is 1. The zero-order valence-corrected chi connectivity index (χ0v) is 11.2. The van der Waals surface area contributed by atoms with Crippen LogP contribution in [-0.4, -0.2) is 27.6 Å². The fourth-order valence-electron chi connectivity index (χ4n) is 1.90. The van der Waals surface area contributed by atoms with Crippen LogP contribution in [0.5, 0.6) is 5.75 Å². The van der Waals surface area contributed by atoms with Crippen molar-refractivity contribution in [2.75, 3.05) is 13.7 Å². The summed E-state index contributed by atoms with van der Waals surface area (Å²) in [6, 6.07) is 6.38. The number of rotatable bonds is 5. The zero-order chi connectivity index (χ0) is 13.2. The third-order valence-corrected chi connectivity index (χ3v) is 4.71. The fourth-order valence-corrected chi connectivity index (χ4v) is 3.07. The SMILES string of the molecule is COc1cccc(S(=O)(=O)NCC2(N)CCC2)c1. The highest BCUT2D eigenvalue weighted by atomic mass is 32.2. The molecular weight excluding hydrogens is 252 g/mol. The highest BCUT2D eigenvalue weighted by Crippen LogP contribution is 2.28. The molecule has 2 rings (SSSR count). The van der Waals surface area contributed by atoms with Gasteiger partial charge in [-0.15, -0.1) is 0 Å². The monoisotopic (exact) mass is 270 g/mol. The first-order valence-electron chi connectivity index (χ1n) is 5.88. The van der Waals surface area contributed by atoms with E-state index in [0.29, 0.717) is 5.75 Å². The molecule has 0 radical (unpaired) electrons. The van der Waals surface area contributed by atoms with Crippen LogP contribution in [0.3, 0.4) is 0 Å². The van der Waals surface area contributed by atoms with Crippen molar-refractivity contribution in [3.05, 3.63) is 24.3 Å². The maximum atomic E-state index is 12.1. The number of nitrogens with two attached hydrogens (primary N) is 1. The minimum absolute atomic E-state index is 0.199. The van der Waals surface area contributed by atoms with Gasteiger partial charge in [-0.05, 0) is 31.4 Å². The van der Waals surface area contributed by atoms with Crippen LogP contribution in [0.15, 0.2) is 29.2 Å². The van der Waals surface area contributed by atoms with Crippen LogP contribution in [0.25, 0.3) is 0 Å². The van der Waals surface area contributed by atoms with Crippen molar-refractivity contribution in [1.82, 2.24) is 4.72 Å². The molecule has 1 aliphatic carbocycles. The standard InChI is InChI=1S/C12H18N2O3S/c1-17-10-4-2-5-11(8-10)18(15,16)14-9-12(13)6-3-7-12/h2,4-5,8,14H,3,6-7,9,13H2,1H3. The molecule has 0 amide bonds. The normalized spacial score (nSPS) is 18.1. The lowest BCUT2D eigenvalue weighted by Crippen LogP contribution is -2.54. The second kappa shape index (κ2) is 4.87. The van der Waals surface area contributed by atoms with E-state index in [4.69, 9.17) is 10.5 Å². The Morgan fingerprint density at radius 3 is 2.72 bits per heavy atom. The van der Waals surface area contributed by atoms with Gasteiger partial charge in [0.2, 0.25) is 10.0 Å². The Bertz CT molecular complexity index is 524. The molecule has 0 bridgehead atoms. The van der Waals surface area contributed by atoms with E-state index in [1.807, 2.05) is 0 Å². The highest BCUT2D eigenvalue weighted by Gasteiger charge is 2.33. The first-order valence-corrected chi connectivity index (χ1v) is 7.36. The van der Waals surface area contributed by atoms with Gasteiger partial charge in [-0.25, -0.2) is 13.1 Å². The van der Waals surface area contributed by atoms with E-state index in [1.165, 1.54) is 19.2 Å². The maximum Gasteiger partial charge on any atom is 0.240 e. The molecule has 0 heterocycles. The summed E-state index contributed by atoms with van der Waals surface area (Å²) < 4.78 is 31.7. The van der Waals surface area contributed by atoms with Crippen LogP contribution in [0, 0.1) is 0 Å². The van der Waals surface area contributed by atoms with Crippen LogP contribution in [-0.2, 0) is 10.0 Å². The van der Waals surface area contributed by atoms with Crippen LogP contribution in [0.2, 0.25) is 0 Å². The Kier molecular flexibility index (Phi) is 3.61. The summed E-state index contributed by atoms with van der Waals surface area (Å²) in [6.07, 6.45) is 2.80. The Labute approximate surface area is 107 Å². The molecule has 1 saturated carbocycles. The van der Waals surface area contributed by atoms with Gasteiger partial charge in [-0.1, -0.05) is 6.07 Å². The summed E-state index contributed by atoms with van der Waals surface area (Å²) in [5, 5.41) is 0. The molecule has 0 aromatic heterocycles. The number of benzene rings is 1. The molecule has 0 atom stereocenters. The molecular formula is C12H18N2O3S. The second-order valence-corrected chi connectivity index (χ2v) is 6.49. The first kappa shape index (κ1) is 13.3. The van der Waals surface area contributed by atoms with E-state index in [2.05, 4.69) is 4.72 Å². The molecule has 5 nitrogen and oxygen atoms in total. The van der Waals surface area contributed by atoms with Gasteiger partial charge in [-0.2, -0.15) is 0 Å². The number of methoxy groups -OCH3 is 1. The summed E-state index contributed by atoms with van der Waals surface area (Å²) in [5.74, 6) is 0.518. The van der Waals surface area contributed by atoms with Gasteiger partial charge < -0.3 is 10.5 Å². The van der Waals surface area contributed by atoms with Crippen LogP contribution < -0.4 is 15.2 Å². The first-order chi connectivity index (χ1) is 8.45. The minimum atomic E-state index is -3.51. The van der Waals surface area contributed by atoms with Crippen LogP contribution in [0.4, 0.5) is 0 Å². The minimum Gasteiger partial charge on any atom is -0.497 e. The number of hydrogen-bond acceptors (Lipinski definition) is 4. The van der Waals surface area contributed by atoms with Crippen molar-refractivity contribution in [1.29, 1.82) is 0 Å².